The molecular formula is C18H19N7O4. The number of primary amides is 1. The van der Waals surface area contributed by atoms with E-state index in [0.717, 1.165) is 0 Å². The first-order valence-corrected chi connectivity index (χ1v) is 8.87. The molecule has 0 bridgehead atoms. The number of nitro groups is 1. The number of rotatable bonds is 8. The normalized spacial score (nSPS) is 10.8. The number of carbonyl (C=O) groups is 2. The first kappa shape index (κ1) is 19.9. The van der Waals surface area contributed by atoms with Crippen LogP contribution in [0, 0.1) is 10.1 Å². The number of aromatic nitrogens is 4. The van der Waals surface area contributed by atoms with Crippen molar-refractivity contribution in [2.75, 3.05) is 13.1 Å². The number of fused-ring (bicyclic) bond motifs is 1. The lowest BCUT2D eigenvalue weighted by Crippen LogP contribution is -2.40. The van der Waals surface area contributed by atoms with Crippen molar-refractivity contribution in [2.45, 2.75) is 19.9 Å². The Morgan fingerprint density at radius 1 is 1.28 bits per heavy atom. The maximum absolute atomic E-state index is 12.5. The fourth-order valence-corrected chi connectivity index (χ4v) is 2.83. The Labute approximate surface area is 165 Å². The van der Waals surface area contributed by atoms with Crippen molar-refractivity contribution >= 4 is 17.5 Å². The molecule has 0 atom stereocenters. The second kappa shape index (κ2) is 8.42. The lowest BCUT2D eigenvalue weighted by atomic mass is 10.2. The van der Waals surface area contributed by atoms with Gasteiger partial charge in [0, 0.05) is 30.4 Å². The highest BCUT2D eigenvalue weighted by Gasteiger charge is 2.19. The van der Waals surface area contributed by atoms with E-state index in [-0.39, 0.29) is 24.7 Å². The zero-order valence-corrected chi connectivity index (χ0v) is 15.7. The van der Waals surface area contributed by atoms with Crippen molar-refractivity contribution in [3.05, 3.63) is 46.9 Å². The number of benzene rings is 1. The highest BCUT2D eigenvalue weighted by molar-refractivity contribution is 5.83. The molecule has 11 nitrogen and oxygen atoms in total. The number of nitrogens with two attached hydrogens (primary N) is 1. The standard InChI is InChI=1S/C18H19N7O4/c1-2-6-24(9-15(19)26)16(27)10-23-8-14-18(20-11-23)22-17(21-14)12-4-3-5-13(7-12)25(28)29/h3-5,7-8,11H,2,6,9-10H2,1H3,(H2,19,26). The van der Waals surface area contributed by atoms with Gasteiger partial charge in [0.25, 0.3) is 5.69 Å². The highest BCUT2D eigenvalue weighted by atomic mass is 16.6. The Hall–Kier alpha value is -3.89. The molecule has 0 saturated heterocycles. The van der Waals surface area contributed by atoms with Crippen LogP contribution in [0.2, 0.25) is 0 Å². The minimum atomic E-state index is -0.575. The van der Waals surface area contributed by atoms with Crippen molar-refractivity contribution in [3.8, 4) is 22.9 Å². The van der Waals surface area contributed by atoms with Crippen LogP contribution in [0.1, 0.15) is 13.3 Å². The van der Waals surface area contributed by atoms with E-state index in [1.54, 1.807) is 22.9 Å². The van der Waals surface area contributed by atoms with Crippen molar-refractivity contribution in [1.82, 2.24) is 24.4 Å². The van der Waals surface area contributed by atoms with Gasteiger partial charge in [0.1, 0.15) is 12.2 Å². The van der Waals surface area contributed by atoms with Crippen LogP contribution in [0.25, 0.3) is 22.9 Å². The third-order valence-electron chi connectivity index (χ3n) is 4.11. The van der Waals surface area contributed by atoms with Gasteiger partial charge < -0.3 is 15.2 Å². The highest BCUT2D eigenvalue weighted by Crippen LogP contribution is 2.25. The summed E-state index contributed by atoms with van der Waals surface area (Å²) in [6.07, 6.45) is 3.75. The molecule has 2 heterocycles. The second-order valence-electron chi connectivity index (χ2n) is 6.39. The van der Waals surface area contributed by atoms with Crippen LogP contribution < -0.4 is 5.73 Å². The molecule has 11 heteroatoms. The molecular weight excluding hydrogens is 378 g/mol. The van der Waals surface area contributed by atoms with E-state index in [1.807, 2.05) is 6.92 Å². The average molecular weight is 397 g/mol. The minimum Gasteiger partial charge on any atom is -0.368 e. The van der Waals surface area contributed by atoms with E-state index in [0.29, 0.717) is 35.9 Å². The van der Waals surface area contributed by atoms with Crippen molar-refractivity contribution in [3.63, 3.8) is 0 Å². The maximum Gasteiger partial charge on any atom is 0.270 e. The zero-order valence-electron chi connectivity index (χ0n) is 15.7. The van der Waals surface area contributed by atoms with Gasteiger partial charge in [-0.25, -0.2) is 15.0 Å². The monoisotopic (exact) mass is 397 g/mol. The Balaban J connectivity index is 1.83. The largest absolute Gasteiger partial charge is 0.368 e. The topological polar surface area (TPSA) is 150 Å². The van der Waals surface area contributed by atoms with Gasteiger partial charge in [-0.2, -0.15) is 0 Å². The molecule has 0 spiro atoms. The number of non-ortho nitro benzene ring substituents is 1. The molecule has 0 unspecified atom stereocenters. The Morgan fingerprint density at radius 2 is 2.07 bits per heavy atom. The number of imidazole rings is 1. The lowest BCUT2D eigenvalue weighted by Gasteiger charge is -2.21. The molecule has 1 aromatic rings. The lowest BCUT2D eigenvalue weighted by molar-refractivity contribution is -0.384. The van der Waals surface area contributed by atoms with Gasteiger partial charge in [0.15, 0.2) is 11.6 Å². The summed E-state index contributed by atoms with van der Waals surface area (Å²) in [5.41, 5.74) is 6.08. The average Bonchev–Trinajstić information content (AvgIpc) is 3.11. The number of carbonyl (C=O) groups excluding carboxylic acids is 2. The number of nitrogens with zero attached hydrogens (tertiary/aromatic N) is 6. The van der Waals surface area contributed by atoms with E-state index in [9.17, 15) is 19.7 Å². The molecule has 2 amide bonds. The fraction of sp³-hybridized carbons (Fsp3) is 0.278. The Morgan fingerprint density at radius 3 is 2.76 bits per heavy atom. The van der Waals surface area contributed by atoms with Gasteiger partial charge in [-0.15, -0.1) is 0 Å². The predicted octanol–water partition coefficient (Wildman–Crippen LogP) is 1.08. The summed E-state index contributed by atoms with van der Waals surface area (Å²) >= 11 is 0. The molecule has 0 aromatic heterocycles. The molecule has 0 radical (unpaired) electrons. The van der Waals surface area contributed by atoms with E-state index in [4.69, 9.17) is 5.73 Å². The fourth-order valence-electron chi connectivity index (χ4n) is 2.83. The third-order valence-corrected chi connectivity index (χ3v) is 4.11. The summed E-state index contributed by atoms with van der Waals surface area (Å²) in [7, 11) is 0. The molecule has 0 fully saturated rings. The molecule has 2 N–H and O–H groups in total. The van der Waals surface area contributed by atoms with Gasteiger partial charge >= 0.3 is 0 Å². The van der Waals surface area contributed by atoms with E-state index in [2.05, 4.69) is 15.0 Å². The second-order valence-corrected chi connectivity index (χ2v) is 6.39. The van der Waals surface area contributed by atoms with Crippen LogP contribution in [0.15, 0.2) is 36.8 Å². The first-order chi connectivity index (χ1) is 13.9. The maximum atomic E-state index is 12.5. The Kier molecular flexibility index (Phi) is 5.77. The van der Waals surface area contributed by atoms with Crippen molar-refractivity contribution < 1.29 is 14.5 Å². The summed E-state index contributed by atoms with van der Waals surface area (Å²) in [6, 6.07) is 6.00. The number of amides is 2. The molecule has 3 rings (SSSR count). The molecule has 29 heavy (non-hydrogen) atoms. The van der Waals surface area contributed by atoms with E-state index < -0.39 is 10.8 Å². The van der Waals surface area contributed by atoms with Crippen LogP contribution in [0.3, 0.4) is 0 Å². The molecule has 2 aliphatic rings. The third kappa shape index (κ3) is 4.69. The van der Waals surface area contributed by atoms with Crippen LogP contribution in [0.5, 0.6) is 0 Å². The predicted molar refractivity (Wildman–Crippen MR) is 103 cm³/mol. The zero-order chi connectivity index (χ0) is 21.0. The van der Waals surface area contributed by atoms with Gasteiger partial charge in [-0.05, 0) is 6.42 Å². The van der Waals surface area contributed by atoms with Gasteiger partial charge in [-0.1, -0.05) is 19.1 Å². The minimum absolute atomic E-state index is 0.0325. The molecule has 0 aliphatic carbocycles. The molecule has 0 saturated carbocycles. The summed E-state index contributed by atoms with van der Waals surface area (Å²) in [5, 5.41) is 11.0. The molecule has 2 aliphatic heterocycles. The van der Waals surface area contributed by atoms with Crippen LogP contribution in [0.4, 0.5) is 5.69 Å². The van der Waals surface area contributed by atoms with Gasteiger partial charge in [0.2, 0.25) is 11.8 Å². The summed E-state index contributed by atoms with van der Waals surface area (Å²) in [5.74, 6) is -0.177. The first-order valence-electron chi connectivity index (χ1n) is 8.87. The molecule has 1 aromatic carbocycles. The van der Waals surface area contributed by atoms with Gasteiger partial charge in [-0.3, -0.25) is 19.7 Å². The van der Waals surface area contributed by atoms with Gasteiger partial charge in [0.05, 0.1) is 17.8 Å². The number of nitro benzene ring substituents is 1. The van der Waals surface area contributed by atoms with Crippen LogP contribution in [-0.4, -0.2) is 54.2 Å². The SMILES string of the molecule is CCCN(CC(N)=O)C(=O)Cn1cnc2nc(-c3cccc([N+](=O)[O-])c3)nc-2c1. The van der Waals surface area contributed by atoms with E-state index >= 15 is 0 Å². The van der Waals surface area contributed by atoms with Crippen molar-refractivity contribution in [2.24, 2.45) is 5.73 Å². The number of hydrogen-bond donors (Lipinski definition) is 1. The molecule has 150 valence electrons. The summed E-state index contributed by atoms with van der Waals surface area (Å²) in [6.45, 7) is 2.15. The van der Waals surface area contributed by atoms with E-state index in [1.165, 1.54) is 23.4 Å². The number of hydrogen-bond acceptors (Lipinski definition) is 7. The van der Waals surface area contributed by atoms with Crippen LogP contribution in [-0.2, 0) is 16.1 Å². The van der Waals surface area contributed by atoms with Crippen molar-refractivity contribution in [1.29, 1.82) is 0 Å². The van der Waals surface area contributed by atoms with Crippen LogP contribution >= 0.6 is 0 Å². The Bertz CT molecular complexity index is 1030. The quantitative estimate of drug-likeness (QED) is 0.441. The summed E-state index contributed by atoms with van der Waals surface area (Å²) in [4.78, 5) is 48.4. The summed E-state index contributed by atoms with van der Waals surface area (Å²) < 4.78 is 1.54. The smallest absolute Gasteiger partial charge is 0.270 e.